The molecule has 4 nitrogen and oxygen atoms in total. The Labute approximate surface area is 143 Å². The number of benzene rings is 1. The van der Waals surface area contributed by atoms with Gasteiger partial charge < -0.3 is 4.74 Å². The first-order valence-corrected chi connectivity index (χ1v) is 8.70. The summed E-state index contributed by atoms with van der Waals surface area (Å²) in [6.45, 7) is 6.63. The van der Waals surface area contributed by atoms with Crippen LogP contribution in [-0.2, 0) is 14.4 Å². The van der Waals surface area contributed by atoms with Crippen LogP contribution in [0, 0.1) is 5.92 Å². The van der Waals surface area contributed by atoms with Crippen LogP contribution in [0.3, 0.4) is 0 Å². The highest BCUT2D eigenvalue weighted by Crippen LogP contribution is 2.33. The smallest absolute Gasteiger partial charge is 0.252 e. The highest BCUT2D eigenvalue weighted by molar-refractivity contribution is 5.85. The van der Waals surface area contributed by atoms with Gasteiger partial charge in [-0.15, -0.1) is 0 Å². The van der Waals surface area contributed by atoms with E-state index in [4.69, 9.17) is 9.57 Å². The number of ether oxygens (including phenoxy) is 1. The van der Waals surface area contributed by atoms with Crippen molar-refractivity contribution in [2.24, 2.45) is 5.92 Å². The molecule has 3 atom stereocenters. The van der Waals surface area contributed by atoms with Gasteiger partial charge in [0.1, 0.15) is 0 Å². The Morgan fingerprint density at radius 3 is 2.79 bits per heavy atom. The summed E-state index contributed by atoms with van der Waals surface area (Å²) in [5, 5.41) is 1.49. The molecule has 0 radical (unpaired) electrons. The molecule has 2 fully saturated rings. The second-order valence-electron chi connectivity index (χ2n) is 6.38. The van der Waals surface area contributed by atoms with E-state index in [-0.39, 0.29) is 24.2 Å². The molecular weight excluding hydrogens is 302 g/mol. The Kier molecular flexibility index (Phi) is 5.48. The van der Waals surface area contributed by atoms with E-state index in [2.05, 4.69) is 24.8 Å². The maximum Gasteiger partial charge on any atom is 0.252 e. The van der Waals surface area contributed by atoms with E-state index in [9.17, 15) is 4.79 Å². The SMILES string of the molecule is C=C/C(=C\C[C@H]1C(=O)N(OC2CCCCO2)[C@H]1C)c1ccccc1. The molecule has 0 N–H and O–H groups in total. The molecule has 2 aliphatic heterocycles. The van der Waals surface area contributed by atoms with Crippen LogP contribution in [0.1, 0.15) is 38.2 Å². The molecule has 1 amide bonds. The highest BCUT2D eigenvalue weighted by atomic mass is 16.8. The standard InChI is InChI=1S/C20H25NO3/c1-3-16(17-9-5-4-6-10-17)12-13-18-15(2)21(20(18)22)24-19-11-7-8-14-23-19/h3-6,9-10,12,15,18-19H,1,7-8,11,13-14H2,2H3/b16-12+/t15-,18+,19?/m0/s1. The zero-order valence-corrected chi connectivity index (χ0v) is 14.2. The van der Waals surface area contributed by atoms with Gasteiger partial charge in [0.15, 0.2) is 6.29 Å². The van der Waals surface area contributed by atoms with E-state index < -0.39 is 0 Å². The summed E-state index contributed by atoms with van der Waals surface area (Å²) >= 11 is 0. The van der Waals surface area contributed by atoms with E-state index >= 15 is 0 Å². The summed E-state index contributed by atoms with van der Waals surface area (Å²) in [5.74, 6) is 0.0108. The number of rotatable bonds is 6. The van der Waals surface area contributed by atoms with Gasteiger partial charge in [0.05, 0.1) is 12.0 Å². The Morgan fingerprint density at radius 1 is 1.38 bits per heavy atom. The van der Waals surface area contributed by atoms with Gasteiger partial charge in [0.25, 0.3) is 5.91 Å². The van der Waals surface area contributed by atoms with Gasteiger partial charge in [-0.05, 0) is 37.3 Å². The summed E-state index contributed by atoms with van der Waals surface area (Å²) in [6, 6.07) is 10.2. The van der Waals surface area contributed by atoms with Crippen LogP contribution in [0.5, 0.6) is 0 Å². The molecule has 1 aromatic carbocycles. The number of nitrogens with zero attached hydrogens (tertiary/aromatic N) is 1. The Morgan fingerprint density at radius 2 is 2.17 bits per heavy atom. The number of amides is 1. The second-order valence-corrected chi connectivity index (χ2v) is 6.38. The fourth-order valence-corrected chi connectivity index (χ4v) is 3.22. The van der Waals surface area contributed by atoms with Crippen LogP contribution in [0.15, 0.2) is 49.1 Å². The molecule has 4 heteroatoms. The minimum Gasteiger partial charge on any atom is -0.350 e. The number of hydroxylamine groups is 2. The first-order chi connectivity index (χ1) is 11.7. The summed E-state index contributed by atoms with van der Waals surface area (Å²) in [4.78, 5) is 18.1. The van der Waals surface area contributed by atoms with Crippen LogP contribution in [0.4, 0.5) is 0 Å². The average molecular weight is 327 g/mol. The molecule has 2 aliphatic rings. The molecule has 0 saturated carbocycles. The normalized spacial score (nSPS) is 27.7. The van der Waals surface area contributed by atoms with Gasteiger partial charge in [0, 0.05) is 13.0 Å². The van der Waals surface area contributed by atoms with Gasteiger partial charge in [0.2, 0.25) is 0 Å². The molecule has 0 aliphatic carbocycles. The Balaban J connectivity index is 1.57. The van der Waals surface area contributed by atoms with Gasteiger partial charge in [-0.2, -0.15) is 0 Å². The van der Waals surface area contributed by atoms with Crippen LogP contribution in [0.25, 0.3) is 5.57 Å². The van der Waals surface area contributed by atoms with Crippen molar-refractivity contribution in [1.29, 1.82) is 0 Å². The van der Waals surface area contributed by atoms with Crippen molar-refractivity contribution in [3.8, 4) is 0 Å². The molecule has 0 aromatic heterocycles. The van der Waals surface area contributed by atoms with E-state index in [1.165, 1.54) is 5.06 Å². The van der Waals surface area contributed by atoms with Crippen molar-refractivity contribution in [2.75, 3.05) is 6.61 Å². The van der Waals surface area contributed by atoms with Gasteiger partial charge >= 0.3 is 0 Å². The lowest BCUT2D eigenvalue weighted by atomic mass is 9.87. The summed E-state index contributed by atoms with van der Waals surface area (Å²) in [5.41, 5.74) is 2.18. The van der Waals surface area contributed by atoms with E-state index in [1.807, 2.05) is 31.2 Å². The maximum absolute atomic E-state index is 12.4. The third-order valence-corrected chi connectivity index (χ3v) is 4.77. The third kappa shape index (κ3) is 3.60. The molecule has 3 rings (SSSR count). The van der Waals surface area contributed by atoms with Crippen LogP contribution >= 0.6 is 0 Å². The van der Waals surface area contributed by atoms with E-state index in [1.54, 1.807) is 0 Å². The number of hydrogen-bond donors (Lipinski definition) is 0. The molecule has 1 unspecified atom stereocenters. The predicted molar refractivity (Wildman–Crippen MR) is 93.7 cm³/mol. The molecular formula is C20H25NO3. The van der Waals surface area contributed by atoms with Crippen molar-refractivity contribution in [3.63, 3.8) is 0 Å². The molecule has 128 valence electrons. The van der Waals surface area contributed by atoms with Crippen LogP contribution in [-0.4, -0.2) is 29.9 Å². The zero-order valence-electron chi connectivity index (χ0n) is 14.2. The first-order valence-electron chi connectivity index (χ1n) is 8.70. The number of carbonyl (C=O) groups excluding carboxylic acids is 1. The summed E-state index contributed by atoms with van der Waals surface area (Å²) < 4.78 is 5.55. The predicted octanol–water partition coefficient (Wildman–Crippen LogP) is 3.95. The van der Waals surface area contributed by atoms with E-state index in [0.29, 0.717) is 13.0 Å². The van der Waals surface area contributed by atoms with Crippen LogP contribution in [0.2, 0.25) is 0 Å². The molecule has 1 aromatic rings. The topological polar surface area (TPSA) is 38.8 Å². The molecule has 0 spiro atoms. The lowest BCUT2D eigenvalue weighted by Gasteiger charge is -2.45. The number of β-lactam (4-membered cyclic amide) rings is 1. The first kappa shape index (κ1) is 16.9. The number of allylic oxidation sites excluding steroid dienone is 3. The molecule has 2 saturated heterocycles. The van der Waals surface area contributed by atoms with Crippen LogP contribution < -0.4 is 0 Å². The fourth-order valence-electron chi connectivity index (χ4n) is 3.22. The van der Waals surface area contributed by atoms with Gasteiger partial charge in [-0.1, -0.05) is 49.1 Å². The molecule has 0 bridgehead atoms. The van der Waals surface area contributed by atoms with Gasteiger partial charge in [-0.3, -0.25) is 4.79 Å². The lowest BCUT2D eigenvalue weighted by molar-refractivity contribution is -0.316. The lowest BCUT2D eigenvalue weighted by Crippen LogP contribution is -2.60. The zero-order chi connectivity index (χ0) is 16.9. The third-order valence-electron chi connectivity index (χ3n) is 4.77. The van der Waals surface area contributed by atoms with Crippen molar-refractivity contribution in [3.05, 3.63) is 54.6 Å². The fraction of sp³-hybridized carbons (Fsp3) is 0.450. The monoisotopic (exact) mass is 327 g/mol. The minimum absolute atomic E-state index is 0.0350. The van der Waals surface area contributed by atoms with Gasteiger partial charge in [-0.25, -0.2) is 9.90 Å². The number of carbonyl (C=O) groups is 1. The van der Waals surface area contributed by atoms with Crippen molar-refractivity contribution in [2.45, 2.75) is 44.9 Å². The van der Waals surface area contributed by atoms with E-state index in [0.717, 1.165) is 30.4 Å². The summed E-state index contributed by atoms with van der Waals surface area (Å²) in [6.07, 6.45) is 7.38. The average Bonchev–Trinajstić information content (AvgIpc) is 2.65. The highest BCUT2D eigenvalue weighted by Gasteiger charge is 2.46. The number of hydrogen-bond acceptors (Lipinski definition) is 3. The summed E-state index contributed by atoms with van der Waals surface area (Å²) in [7, 11) is 0. The Bertz CT molecular complexity index is 605. The Hall–Kier alpha value is -1.91. The molecule has 24 heavy (non-hydrogen) atoms. The van der Waals surface area contributed by atoms with Crippen molar-refractivity contribution in [1.82, 2.24) is 5.06 Å². The second kappa shape index (κ2) is 7.77. The van der Waals surface area contributed by atoms with Crippen molar-refractivity contribution >= 4 is 11.5 Å². The largest absolute Gasteiger partial charge is 0.350 e. The van der Waals surface area contributed by atoms with Crippen molar-refractivity contribution < 1.29 is 14.4 Å². The molecule has 2 heterocycles. The maximum atomic E-state index is 12.4. The minimum atomic E-state index is -0.269. The quantitative estimate of drug-likeness (QED) is 0.586.